The normalized spacial score (nSPS) is 23.4. The van der Waals surface area contributed by atoms with Crippen molar-refractivity contribution in [1.29, 1.82) is 0 Å². The van der Waals surface area contributed by atoms with E-state index in [4.69, 9.17) is 14.3 Å². The van der Waals surface area contributed by atoms with Gasteiger partial charge in [0, 0.05) is 24.8 Å². The predicted molar refractivity (Wildman–Crippen MR) is 87.3 cm³/mol. The number of rotatable bonds is 0. The van der Waals surface area contributed by atoms with Crippen molar-refractivity contribution in [2.45, 2.75) is 49.7 Å². The summed E-state index contributed by atoms with van der Waals surface area (Å²) in [5.74, 6) is 5.14. The van der Waals surface area contributed by atoms with Crippen LogP contribution in [0.2, 0.25) is 0 Å². The Morgan fingerprint density at radius 1 is 1.00 bits per heavy atom. The quantitative estimate of drug-likeness (QED) is 0.655. The Labute approximate surface area is 149 Å². The topological polar surface area (TPSA) is 40.0 Å². The van der Waals surface area contributed by atoms with Crippen molar-refractivity contribution < 1.29 is 27.5 Å². The van der Waals surface area contributed by atoms with Crippen LogP contribution in [0.3, 0.4) is 0 Å². The third-order valence-corrected chi connectivity index (χ3v) is 5.12. The molecule has 1 saturated carbocycles. The minimum atomic E-state index is -4.38. The summed E-state index contributed by atoms with van der Waals surface area (Å²) >= 11 is 0. The van der Waals surface area contributed by atoms with E-state index >= 15 is 0 Å². The van der Waals surface area contributed by atoms with Gasteiger partial charge in [0.25, 0.3) is 0 Å². The van der Waals surface area contributed by atoms with Gasteiger partial charge in [0.1, 0.15) is 11.3 Å². The van der Waals surface area contributed by atoms with Crippen LogP contribution >= 0.6 is 0 Å². The van der Waals surface area contributed by atoms with Crippen molar-refractivity contribution in [2.24, 2.45) is 5.16 Å². The second-order valence-corrected chi connectivity index (χ2v) is 6.93. The molecule has 0 unspecified atom stereocenters. The highest BCUT2D eigenvalue weighted by atomic mass is 19.4. The van der Waals surface area contributed by atoms with Gasteiger partial charge in [-0.15, -0.1) is 0 Å². The van der Waals surface area contributed by atoms with Gasteiger partial charge in [0.05, 0.1) is 18.8 Å². The number of alkyl halides is 3. The highest BCUT2D eigenvalue weighted by Crippen LogP contribution is 2.45. The average molecular weight is 365 g/mol. The van der Waals surface area contributed by atoms with Crippen LogP contribution in [-0.2, 0) is 20.5 Å². The summed E-state index contributed by atoms with van der Waals surface area (Å²) in [6, 6.07) is 4.97. The summed E-state index contributed by atoms with van der Waals surface area (Å²) in [4.78, 5) is 5.66. The molecule has 1 aromatic rings. The van der Waals surface area contributed by atoms with Crippen molar-refractivity contribution in [2.75, 3.05) is 13.2 Å². The number of halogens is 3. The fourth-order valence-electron chi connectivity index (χ4n) is 3.65. The monoisotopic (exact) mass is 365 g/mol. The third kappa shape index (κ3) is 3.44. The van der Waals surface area contributed by atoms with E-state index in [1.54, 1.807) is 6.07 Å². The van der Waals surface area contributed by atoms with E-state index in [0.29, 0.717) is 30.9 Å². The van der Waals surface area contributed by atoms with Crippen LogP contribution in [0.25, 0.3) is 0 Å². The lowest BCUT2D eigenvalue weighted by Gasteiger charge is -2.39. The number of ether oxygens (including phenoxy) is 2. The van der Waals surface area contributed by atoms with E-state index in [1.807, 2.05) is 0 Å². The number of hydrogen-bond acceptors (Lipinski definition) is 4. The molecule has 3 aliphatic rings. The Morgan fingerprint density at radius 2 is 1.73 bits per heavy atom. The number of oxime groups is 1. The highest BCUT2D eigenvalue weighted by Gasteiger charge is 2.50. The fourth-order valence-corrected chi connectivity index (χ4v) is 3.65. The van der Waals surface area contributed by atoms with E-state index in [2.05, 4.69) is 17.0 Å². The van der Waals surface area contributed by atoms with Gasteiger partial charge in [0.2, 0.25) is 0 Å². The number of benzene rings is 1. The molecule has 1 aliphatic carbocycles. The molecule has 2 heterocycles. The third-order valence-electron chi connectivity index (χ3n) is 5.12. The molecule has 0 atom stereocenters. The first kappa shape index (κ1) is 17.4. The Bertz CT molecular complexity index is 775. The van der Waals surface area contributed by atoms with Crippen molar-refractivity contribution in [3.8, 4) is 11.8 Å². The molecule has 2 fully saturated rings. The minimum Gasteiger partial charge on any atom is -0.388 e. The number of nitrogens with zero attached hydrogens (tertiary/aromatic N) is 1. The zero-order valence-corrected chi connectivity index (χ0v) is 14.1. The van der Waals surface area contributed by atoms with Crippen LogP contribution in [0.4, 0.5) is 13.2 Å². The fraction of sp³-hybridized carbons (Fsp3) is 0.526. The molecule has 26 heavy (non-hydrogen) atoms. The van der Waals surface area contributed by atoms with Crippen LogP contribution in [0.5, 0.6) is 0 Å². The van der Waals surface area contributed by atoms with Gasteiger partial charge in [0.15, 0.2) is 5.79 Å². The lowest BCUT2D eigenvalue weighted by Crippen LogP contribution is -2.43. The van der Waals surface area contributed by atoms with Gasteiger partial charge in [-0.2, -0.15) is 13.2 Å². The summed E-state index contributed by atoms with van der Waals surface area (Å²) < 4.78 is 49.7. The first-order valence-electron chi connectivity index (χ1n) is 8.61. The minimum absolute atomic E-state index is 0.304. The molecular formula is C19H18F3NO3. The Kier molecular flexibility index (Phi) is 4.20. The molecule has 0 bridgehead atoms. The van der Waals surface area contributed by atoms with Crippen LogP contribution in [0, 0.1) is 11.8 Å². The van der Waals surface area contributed by atoms with E-state index in [0.717, 1.165) is 37.8 Å². The molecule has 138 valence electrons. The molecule has 0 N–H and O–H groups in total. The SMILES string of the molecule is FC(F)(F)c1cccc(C#CC2=NOC3(CCC4(CC3)OCCO4)C2)c1. The molecule has 4 nitrogen and oxygen atoms in total. The van der Waals surface area contributed by atoms with Crippen molar-refractivity contribution in [1.82, 2.24) is 0 Å². The molecule has 7 heteroatoms. The maximum Gasteiger partial charge on any atom is 0.416 e. The van der Waals surface area contributed by atoms with E-state index < -0.39 is 23.1 Å². The Hall–Kier alpha value is -2.04. The number of hydrogen-bond donors (Lipinski definition) is 0. The largest absolute Gasteiger partial charge is 0.416 e. The van der Waals surface area contributed by atoms with Crippen LogP contribution < -0.4 is 0 Å². The Balaban J connectivity index is 1.41. The standard InChI is InChI=1S/C19H18F3NO3/c20-19(21,22)15-3-1-2-14(12-15)4-5-16-13-17(26-23-16)6-8-18(9-7-17)24-10-11-25-18/h1-3,12H,6-11,13H2. The molecule has 0 aromatic heterocycles. The van der Waals surface area contributed by atoms with Gasteiger partial charge in [-0.3, -0.25) is 0 Å². The van der Waals surface area contributed by atoms with E-state index in [-0.39, 0.29) is 0 Å². The average Bonchev–Trinajstić information content (AvgIpc) is 3.24. The predicted octanol–water partition coefficient (Wildman–Crippen LogP) is 3.89. The summed E-state index contributed by atoms with van der Waals surface area (Å²) in [5, 5.41) is 4.05. The second kappa shape index (κ2) is 6.29. The maximum absolute atomic E-state index is 12.8. The summed E-state index contributed by atoms with van der Waals surface area (Å²) in [6.45, 7) is 1.25. The molecule has 2 spiro atoms. The summed E-state index contributed by atoms with van der Waals surface area (Å²) in [6.07, 6.45) is -0.808. The molecule has 2 aliphatic heterocycles. The Morgan fingerprint density at radius 3 is 2.42 bits per heavy atom. The van der Waals surface area contributed by atoms with E-state index in [9.17, 15) is 13.2 Å². The van der Waals surface area contributed by atoms with E-state index in [1.165, 1.54) is 6.07 Å². The summed E-state index contributed by atoms with van der Waals surface area (Å²) in [5.41, 5.74) is -0.233. The summed E-state index contributed by atoms with van der Waals surface area (Å²) in [7, 11) is 0. The smallest absolute Gasteiger partial charge is 0.388 e. The first-order valence-corrected chi connectivity index (χ1v) is 8.61. The highest BCUT2D eigenvalue weighted by molar-refractivity contribution is 6.01. The molecule has 0 amide bonds. The lowest BCUT2D eigenvalue weighted by molar-refractivity contribution is -0.206. The maximum atomic E-state index is 12.8. The van der Waals surface area contributed by atoms with Crippen LogP contribution in [-0.4, -0.2) is 30.3 Å². The van der Waals surface area contributed by atoms with Gasteiger partial charge >= 0.3 is 6.18 Å². The van der Waals surface area contributed by atoms with Gasteiger partial charge < -0.3 is 14.3 Å². The van der Waals surface area contributed by atoms with Crippen LogP contribution in [0.15, 0.2) is 29.4 Å². The lowest BCUT2D eigenvalue weighted by atomic mass is 9.78. The van der Waals surface area contributed by atoms with Crippen molar-refractivity contribution in [3.63, 3.8) is 0 Å². The zero-order valence-electron chi connectivity index (χ0n) is 14.1. The second-order valence-electron chi connectivity index (χ2n) is 6.93. The molecule has 0 radical (unpaired) electrons. The van der Waals surface area contributed by atoms with Gasteiger partial charge in [-0.1, -0.05) is 17.1 Å². The first-order chi connectivity index (χ1) is 12.4. The zero-order chi connectivity index (χ0) is 18.3. The molecular weight excluding hydrogens is 347 g/mol. The van der Waals surface area contributed by atoms with Crippen molar-refractivity contribution in [3.05, 3.63) is 35.4 Å². The molecule has 4 rings (SSSR count). The van der Waals surface area contributed by atoms with Gasteiger partial charge in [-0.05, 0) is 37.0 Å². The van der Waals surface area contributed by atoms with Crippen molar-refractivity contribution >= 4 is 5.71 Å². The molecule has 1 aromatic carbocycles. The van der Waals surface area contributed by atoms with Gasteiger partial charge in [-0.25, -0.2) is 0 Å². The van der Waals surface area contributed by atoms with Crippen LogP contribution in [0.1, 0.15) is 43.2 Å². The molecule has 1 saturated heterocycles.